The lowest BCUT2D eigenvalue weighted by molar-refractivity contribution is -0.120. The molecule has 2 aromatic heterocycles. The Kier molecular flexibility index (Phi) is 4.00. The molecule has 8 rings (SSSR count). The average molecular weight is 501 g/mol. The number of aliphatic hydroxyl groups is 1. The van der Waals surface area contributed by atoms with Gasteiger partial charge in [0.25, 0.3) is 5.91 Å². The van der Waals surface area contributed by atoms with Crippen molar-refractivity contribution >= 4 is 28.7 Å². The summed E-state index contributed by atoms with van der Waals surface area (Å²) >= 11 is 0. The maximum Gasteiger partial charge on any atom is 0.258 e. The first-order valence-electron chi connectivity index (χ1n) is 12.8. The van der Waals surface area contributed by atoms with Gasteiger partial charge in [-0.05, 0) is 67.2 Å². The van der Waals surface area contributed by atoms with Gasteiger partial charge in [-0.25, -0.2) is 13.9 Å². The summed E-state index contributed by atoms with van der Waals surface area (Å²) in [5.41, 5.74) is 3.94. The Morgan fingerprint density at radius 1 is 1.14 bits per heavy atom. The summed E-state index contributed by atoms with van der Waals surface area (Å²) in [5, 5.41) is 19.3. The van der Waals surface area contributed by atoms with E-state index >= 15 is 0 Å². The van der Waals surface area contributed by atoms with E-state index in [9.17, 15) is 19.1 Å². The van der Waals surface area contributed by atoms with Gasteiger partial charge in [0.1, 0.15) is 5.67 Å². The molecule has 2 amide bonds. The lowest BCUT2D eigenvalue weighted by Crippen LogP contribution is -2.47. The predicted octanol–water partition coefficient (Wildman–Crippen LogP) is 2.22. The number of hydrogen-bond acceptors (Lipinski definition) is 6. The quantitative estimate of drug-likeness (QED) is 0.496. The van der Waals surface area contributed by atoms with Gasteiger partial charge in [-0.15, -0.1) is 0 Å². The Hall–Kier alpha value is -3.79. The maximum atomic E-state index is 14.7. The number of imidazole rings is 1. The van der Waals surface area contributed by atoms with Crippen LogP contribution in [0.4, 0.5) is 10.1 Å². The van der Waals surface area contributed by atoms with Gasteiger partial charge in [-0.2, -0.15) is 5.10 Å². The van der Waals surface area contributed by atoms with E-state index in [1.54, 1.807) is 21.8 Å². The number of carbonyl (C=O) groups excluding carboxylic acids is 2. The first-order chi connectivity index (χ1) is 17.9. The number of amides is 2. The first-order valence-corrected chi connectivity index (χ1v) is 12.8. The summed E-state index contributed by atoms with van der Waals surface area (Å²) in [7, 11) is 0. The van der Waals surface area contributed by atoms with E-state index in [-0.39, 0.29) is 24.3 Å². The second-order valence-corrected chi connectivity index (χ2v) is 11.1. The fourth-order valence-electron chi connectivity index (χ4n) is 6.15. The van der Waals surface area contributed by atoms with Crippen LogP contribution >= 0.6 is 0 Å². The fraction of sp³-hybridized carbons (Fsp3) is 0.407. The first kappa shape index (κ1) is 21.3. The molecule has 188 valence electrons. The second kappa shape index (κ2) is 6.95. The molecule has 3 fully saturated rings. The number of hydrogen-bond donors (Lipinski definition) is 3. The van der Waals surface area contributed by atoms with E-state index in [0.29, 0.717) is 24.1 Å². The monoisotopic (exact) mass is 500 g/mol. The van der Waals surface area contributed by atoms with Crippen molar-refractivity contribution in [3.05, 3.63) is 65.2 Å². The van der Waals surface area contributed by atoms with Gasteiger partial charge in [-0.3, -0.25) is 9.59 Å². The third-order valence-electron chi connectivity index (χ3n) is 8.65. The molecule has 5 aliphatic rings. The zero-order valence-corrected chi connectivity index (χ0v) is 19.9. The third-order valence-corrected chi connectivity index (χ3v) is 8.65. The molecular weight excluding hydrogens is 475 g/mol. The van der Waals surface area contributed by atoms with E-state index in [0.717, 1.165) is 47.3 Å². The standard InChI is InChI=1S/C27H25FN6O3/c28-26(3-4-26)13-33-21-9-14(1-2-19(21)27(5-6-27)24(33)36)15-10-16(15)17-11-20(32-34-8-7-29-22(17)34)18-12-30-25(37)31-23(18)35/h1-2,7-9,11-12,15-16,25,30,37H,3-6,10,13H2,(H,31,35)/t15-,16+,25?/m1/s1. The lowest BCUT2D eigenvalue weighted by Gasteiger charge is -2.21. The van der Waals surface area contributed by atoms with Crippen LogP contribution in [-0.2, 0) is 15.0 Å². The van der Waals surface area contributed by atoms with Gasteiger partial charge < -0.3 is 20.6 Å². The van der Waals surface area contributed by atoms with Crippen LogP contribution in [0.15, 0.2) is 42.9 Å². The summed E-state index contributed by atoms with van der Waals surface area (Å²) in [6.07, 6.45) is 7.41. The summed E-state index contributed by atoms with van der Waals surface area (Å²) < 4.78 is 16.4. The van der Waals surface area contributed by atoms with Gasteiger partial charge in [-0.1, -0.05) is 12.1 Å². The Morgan fingerprint density at radius 3 is 2.73 bits per heavy atom. The number of halogens is 1. The van der Waals surface area contributed by atoms with Crippen LogP contribution in [0.1, 0.15) is 66.3 Å². The van der Waals surface area contributed by atoms with E-state index in [1.165, 1.54) is 6.20 Å². The van der Waals surface area contributed by atoms with Crippen molar-refractivity contribution in [2.75, 3.05) is 11.4 Å². The molecule has 3 aromatic rings. The number of aromatic nitrogens is 3. The molecule has 3 atom stereocenters. The molecule has 1 spiro atoms. The Balaban J connectivity index is 1.14. The van der Waals surface area contributed by atoms with Crippen LogP contribution in [0.5, 0.6) is 0 Å². The highest BCUT2D eigenvalue weighted by Crippen LogP contribution is 2.61. The summed E-state index contributed by atoms with van der Waals surface area (Å²) in [4.78, 5) is 32.0. The minimum atomic E-state index is -1.24. The number of fused-ring (bicyclic) bond motifs is 3. The summed E-state index contributed by atoms with van der Waals surface area (Å²) in [5.74, 6) is 0.0526. The molecule has 0 radical (unpaired) electrons. The molecule has 37 heavy (non-hydrogen) atoms. The van der Waals surface area contributed by atoms with Crippen LogP contribution in [0.25, 0.3) is 11.2 Å². The van der Waals surface area contributed by atoms with Crippen LogP contribution in [0.3, 0.4) is 0 Å². The summed E-state index contributed by atoms with van der Waals surface area (Å²) in [6.45, 7) is 0.153. The number of anilines is 1. The largest absolute Gasteiger partial charge is 0.356 e. The van der Waals surface area contributed by atoms with E-state index in [2.05, 4.69) is 38.9 Å². The van der Waals surface area contributed by atoms with Crippen molar-refractivity contribution in [3.63, 3.8) is 0 Å². The molecule has 1 aromatic carbocycles. The van der Waals surface area contributed by atoms with Crippen LogP contribution in [-0.4, -0.2) is 50.1 Å². The van der Waals surface area contributed by atoms with E-state index in [4.69, 9.17) is 0 Å². The van der Waals surface area contributed by atoms with Gasteiger partial charge in [0.2, 0.25) is 12.3 Å². The highest BCUT2D eigenvalue weighted by molar-refractivity contribution is 6.19. The molecule has 10 heteroatoms. The summed E-state index contributed by atoms with van der Waals surface area (Å²) in [6, 6.07) is 8.21. The zero-order valence-electron chi connectivity index (χ0n) is 19.9. The Morgan fingerprint density at radius 2 is 1.97 bits per heavy atom. The fourth-order valence-corrected chi connectivity index (χ4v) is 6.15. The molecule has 9 nitrogen and oxygen atoms in total. The molecule has 0 saturated heterocycles. The highest BCUT2D eigenvalue weighted by atomic mass is 19.1. The SMILES string of the molecule is O=C1NC(O)NC=C1c1cc([C@H]2C[C@@H]2c2ccc3c(c2)N(CC2(F)CC2)C(=O)C32CC2)c2nccn2n1. The van der Waals surface area contributed by atoms with Crippen LogP contribution in [0.2, 0.25) is 0 Å². The van der Waals surface area contributed by atoms with Crippen molar-refractivity contribution in [2.24, 2.45) is 0 Å². The van der Waals surface area contributed by atoms with Gasteiger partial charge in [0.05, 0.1) is 23.2 Å². The number of benzene rings is 1. The number of carbonyl (C=O) groups is 2. The molecule has 0 bridgehead atoms. The molecule has 1 unspecified atom stereocenters. The average Bonchev–Trinajstić information content (AvgIpc) is 3.81. The van der Waals surface area contributed by atoms with Crippen LogP contribution in [0, 0.1) is 0 Å². The van der Waals surface area contributed by atoms with Gasteiger partial charge in [0, 0.05) is 29.8 Å². The minimum Gasteiger partial charge on any atom is -0.356 e. The van der Waals surface area contributed by atoms with Crippen LogP contribution < -0.4 is 15.5 Å². The number of nitrogens with zero attached hydrogens (tertiary/aromatic N) is 4. The van der Waals surface area contributed by atoms with Crippen molar-refractivity contribution in [3.8, 4) is 0 Å². The van der Waals surface area contributed by atoms with Gasteiger partial charge in [0.15, 0.2) is 5.65 Å². The van der Waals surface area contributed by atoms with E-state index < -0.39 is 23.3 Å². The van der Waals surface area contributed by atoms with Crippen molar-refractivity contribution in [2.45, 2.75) is 61.4 Å². The molecule has 3 N–H and O–H groups in total. The zero-order chi connectivity index (χ0) is 25.1. The Bertz CT molecular complexity index is 1550. The lowest BCUT2D eigenvalue weighted by atomic mass is 9.95. The second-order valence-electron chi connectivity index (χ2n) is 11.1. The third kappa shape index (κ3) is 3.11. The minimum absolute atomic E-state index is 0.0616. The van der Waals surface area contributed by atoms with Crippen molar-refractivity contribution < 1.29 is 19.1 Å². The van der Waals surface area contributed by atoms with Crippen molar-refractivity contribution in [1.29, 1.82) is 0 Å². The molecule has 3 saturated carbocycles. The van der Waals surface area contributed by atoms with E-state index in [1.807, 2.05) is 6.07 Å². The number of rotatable bonds is 5. The molecule has 2 aliphatic heterocycles. The molecule has 3 aliphatic carbocycles. The Labute approximate surface area is 211 Å². The molecule has 4 heterocycles. The predicted molar refractivity (Wildman–Crippen MR) is 131 cm³/mol. The number of alkyl halides is 1. The number of aliphatic hydroxyl groups excluding tert-OH is 1. The highest BCUT2D eigenvalue weighted by Gasteiger charge is 2.61. The smallest absolute Gasteiger partial charge is 0.258 e. The molecular formula is C27H25FN6O3. The maximum absolute atomic E-state index is 14.7. The number of nitrogens with one attached hydrogen (secondary N) is 2. The normalized spacial score (nSPS) is 28.1. The topological polar surface area (TPSA) is 112 Å². The van der Waals surface area contributed by atoms with Crippen molar-refractivity contribution in [1.82, 2.24) is 25.2 Å². The van der Waals surface area contributed by atoms with Gasteiger partial charge >= 0.3 is 0 Å².